The third-order valence-electron chi connectivity index (χ3n) is 2.30. The molecular weight excluding hydrogens is 200 g/mol. The number of methoxy groups -OCH3 is 1. The summed E-state index contributed by atoms with van der Waals surface area (Å²) >= 11 is 0. The second-order valence-corrected chi connectivity index (χ2v) is 3.40. The number of carbonyl (C=O) groups is 2. The maximum atomic E-state index is 11.1. The molecule has 0 bridgehead atoms. The van der Waals surface area contributed by atoms with Crippen LogP contribution in [-0.4, -0.2) is 44.3 Å². The molecule has 3 N–H and O–H groups in total. The molecule has 1 aliphatic heterocycles. The van der Waals surface area contributed by atoms with Gasteiger partial charge < -0.3 is 15.2 Å². The Labute approximate surface area is 88.1 Å². The van der Waals surface area contributed by atoms with Crippen LogP contribution < -0.4 is 11.1 Å². The molecule has 0 aromatic rings. The summed E-state index contributed by atoms with van der Waals surface area (Å²) < 4.78 is 9.78. The van der Waals surface area contributed by atoms with Crippen molar-refractivity contribution in [3.8, 4) is 0 Å². The molecule has 0 aromatic heterocycles. The molecule has 0 radical (unpaired) electrons. The smallest absolute Gasteiger partial charge is 0.332 e. The fourth-order valence-corrected chi connectivity index (χ4v) is 1.47. The van der Waals surface area contributed by atoms with Gasteiger partial charge in [-0.1, -0.05) is 0 Å². The van der Waals surface area contributed by atoms with Crippen LogP contribution >= 0.6 is 0 Å². The van der Waals surface area contributed by atoms with Crippen LogP contribution in [0.2, 0.25) is 0 Å². The van der Waals surface area contributed by atoms with Gasteiger partial charge in [0.1, 0.15) is 0 Å². The number of nitrogens with one attached hydrogen (secondary N) is 1. The Hall–Kier alpha value is -1.14. The minimum atomic E-state index is -1.08. The minimum absolute atomic E-state index is 0.0523. The first-order valence-electron chi connectivity index (χ1n) is 4.87. The number of rotatable bonds is 5. The standard InChI is InChI=1S/C9H16N2O4/c1-14-9(13)7(8(10)12)11-5-6-3-2-4-15-6/h6-7,11H,2-5H2,1H3,(H2,10,12). The van der Waals surface area contributed by atoms with Gasteiger partial charge in [-0.2, -0.15) is 0 Å². The molecular formula is C9H16N2O4. The second-order valence-electron chi connectivity index (χ2n) is 3.40. The summed E-state index contributed by atoms with van der Waals surface area (Å²) in [5.41, 5.74) is 5.05. The molecule has 1 rings (SSSR count). The average Bonchev–Trinajstić information content (AvgIpc) is 2.70. The summed E-state index contributed by atoms with van der Waals surface area (Å²) in [6, 6.07) is -1.08. The molecule has 1 saturated heterocycles. The van der Waals surface area contributed by atoms with Crippen molar-refractivity contribution in [3.63, 3.8) is 0 Å². The third kappa shape index (κ3) is 3.49. The highest BCUT2D eigenvalue weighted by atomic mass is 16.5. The second kappa shape index (κ2) is 5.67. The van der Waals surface area contributed by atoms with E-state index < -0.39 is 17.9 Å². The van der Waals surface area contributed by atoms with Gasteiger partial charge in [0.25, 0.3) is 0 Å². The molecule has 1 amide bonds. The molecule has 6 heteroatoms. The number of ether oxygens (including phenoxy) is 2. The van der Waals surface area contributed by atoms with Crippen molar-refractivity contribution in [2.75, 3.05) is 20.3 Å². The van der Waals surface area contributed by atoms with Crippen LogP contribution in [0.1, 0.15) is 12.8 Å². The van der Waals surface area contributed by atoms with Crippen LogP contribution in [-0.2, 0) is 19.1 Å². The summed E-state index contributed by atoms with van der Waals surface area (Å²) in [6.07, 6.45) is 1.99. The zero-order valence-corrected chi connectivity index (χ0v) is 8.69. The number of esters is 1. The van der Waals surface area contributed by atoms with Gasteiger partial charge in [0.15, 0.2) is 6.04 Å². The van der Waals surface area contributed by atoms with Crippen molar-refractivity contribution in [2.45, 2.75) is 25.0 Å². The lowest BCUT2D eigenvalue weighted by molar-refractivity contribution is -0.146. The van der Waals surface area contributed by atoms with E-state index in [0.717, 1.165) is 19.4 Å². The Morgan fingerprint density at radius 1 is 1.67 bits per heavy atom. The Bertz CT molecular complexity index is 238. The van der Waals surface area contributed by atoms with Crippen molar-refractivity contribution in [1.82, 2.24) is 5.32 Å². The maximum Gasteiger partial charge on any atom is 0.332 e. The normalized spacial score (nSPS) is 22.3. The molecule has 0 saturated carbocycles. The molecule has 0 aliphatic carbocycles. The molecule has 1 heterocycles. The molecule has 6 nitrogen and oxygen atoms in total. The molecule has 15 heavy (non-hydrogen) atoms. The monoisotopic (exact) mass is 216 g/mol. The molecule has 2 atom stereocenters. The molecule has 86 valence electrons. The number of hydrogen-bond acceptors (Lipinski definition) is 5. The van der Waals surface area contributed by atoms with Crippen molar-refractivity contribution in [3.05, 3.63) is 0 Å². The van der Waals surface area contributed by atoms with Crippen molar-refractivity contribution in [1.29, 1.82) is 0 Å². The topological polar surface area (TPSA) is 90.7 Å². The fourth-order valence-electron chi connectivity index (χ4n) is 1.47. The largest absolute Gasteiger partial charge is 0.467 e. The fraction of sp³-hybridized carbons (Fsp3) is 0.778. The van der Waals surface area contributed by atoms with Gasteiger partial charge in [-0.05, 0) is 12.8 Å². The van der Waals surface area contributed by atoms with Crippen LogP contribution in [0.5, 0.6) is 0 Å². The SMILES string of the molecule is COC(=O)C(NCC1CCCO1)C(N)=O. The van der Waals surface area contributed by atoms with E-state index in [-0.39, 0.29) is 6.10 Å². The van der Waals surface area contributed by atoms with Crippen LogP contribution in [0, 0.1) is 0 Å². The van der Waals surface area contributed by atoms with Crippen molar-refractivity contribution in [2.24, 2.45) is 5.73 Å². The van der Waals surface area contributed by atoms with E-state index in [9.17, 15) is 9.59 Å². The lowest BCUT2D eigenvalue weighted by atomic mass is 10.2. The molecule has 0 aromatic carbocycles. The van der Waals surface area contributed by atoms with Gasteiger partial charge >= 0.3 is 5.97 Å². The maximum absolute atomic E-state index is 11.1. The highest BCUT2D eigenvalue weighted by molar-refractivity contribution is 6.01. The number of carbonyl (C=O) groups excluding carboxylic acids is 2. The first kappa shape index (κ1) is 11.9. The molecule has 1 fully saturated rings. The lowest BCUT2D eigenvalue weighted by Crippen LogP contribution is -2.49. The van der Waals surface area contributed by atoms with E-state index in [1.54, 1.807) is 0 Å². The van der Waals surface area contributed by atoms with Gasteiger partial charge in [0.05, 0.1) is 13.2 Å². The predicted molar refractivity (Wildman–Crippen MR) is 52.0 cm³/mol. The van der Waals surface area contributed by atoms with Crippen LogP contribution in [0.3, 0.4) is 0 Å². The quantitative estimate of drug-likeness (QED) is 0.444. The number of hydrogen-bond donors (Lipinski definition) is 2. The Morgan fingerprint density at radius 2 is 2.40 bits per heavy atom. The Balaban J connectivity index is 2.37. The lowest BCUT2D eigenvalue weighted by Gasteiger charge is -2.15. The van der Waals surface area contributed by atoms with Crippen molar-refractivity contribution >= 4 is 11.9 Å². The van der Waals surface area contributed by atoms with Gasteiger partial charge in [-0.25, -0.2) is 4.79 Å². The van der Waals surface area contributed by atoms with Crippen LogP contribution in [0.4, 0.5) is 0 Å². The average molecular weight is 216 g/mol. The predicted octanol–water partition coefficient (Wildman–Crippen LogP) is -1.22. The van der Waals surface area contributed by atoms with Crippen LogP contribution in [0.15, 0.2) is 0 Å². The summed E-state index contributed by atoms with van der Waals surface area (Å²) in [5.74, 6) is -1.40. The summed E-state index contributed by atoms with van der Waals surface area (Å²) in [4.78, 5) is 22.1. The Kier molecular flexibility index (Phi) is 4.51. The summed E-state index contributed by atoms with van der Waals surface area (Å²) in [6.45, 7) is 1.16. The summed E-state index contributed by atoms with van der Waals surface area (Å²) in [5, 5.41) is 2.74. The number of primary amides is 1. The number of amides is 1. The van der Waals surface area contributed by atoms with Crippen molar-refractivity contribution < 1.29 is 19.1 Å². The molecule has 2 unspecified atom stereocenters. The van der Waals surface area contributed by atoms with Gasteiger partial charge in [-0.15, -0.1) is 0 Å². The van der Waals surface area contributed by atoms with E-state index >= 15 is 0 Å². The highest BCUT2D eigenvalue weighted by Gasteiger charge is 2.26. The molecule has 0 spiro atoms. The van der Waals surface area contributed by atoms with Crippen LogP contribution in [0.25, 0.3) is 0 Å². The summed E-state index contributed by atoms with van der Waals surface area (Å²) in [7, 11) is 1.21. The zero-order chi connectivity index (χ0) is 11.3. The van der Waals surface area contributed by atoms with E-state index in [4.69, 9.17) is 10.5 Å². The zero-order valence-electron chi connectivity index (χ0n) is 8.69. The minimum Gasteiger partial charge on any atom is -0.467 e. The van der Waals surface area contributed by atoms with E-state index in [2.05, 4.69) is 10.1 Å². The third-order valence-corrected chi connectivity index (χ3v) is 2.30. The van der Waals surface area contributed by atoms with Gasteiger partial charge in [0.2, 0.25) is 5.91 Å². The Morgan fingerprint density at radius 3 is 2.87 bits per heavy atom. The van der Waals surface area contributed by atoms with Gasteiger partial charge in [-0.3, -0.25) is 10.1 Å². The van der Waals surface area contributed by atoms with E-state index in [1.807, 2.05) is 0 Å². The number of nitrogens with two attached hydrogens (primary N) is 1. The molecule has 1 aliphatic rings. The first-order chi connectivity index (χ1) is 7.15. The van der Waals surface area contributed by atoms with Gasteiger partial charge in [0, 0.05) is 13.2 Å². The first-order valence-corrected chi connectivity index (χ1v) is 4.87. The van der Waals surface area contributed by atoms with E-state index in [0.29, 0.717) is 6.54 Å². The highest BCUT2D eigenvalue weighted by Crippen LogP contribution is 2.10. The van der Waals surface area contributed by atoms with E-state index in [1.165, 1.54) is 7.11 Å².